The molecule has 0 aliphatic carbocycles. The second-order valence-electron chi connectivity index (χ2n) is 4.40. The third kappa shape index (κ3) is 3.45. The van der Waals surface area contributed by atoms with Crippen molar-refractivity contribution in [3.63, 3.8) is 0 Å². The molecule has 3 heteroatoms. The van der Waals surface area contributed by atoms with E-state index in [0.29, 0.717) is 6.04 Å². The molecule has 0 spiro atoms. The van der Waals surface area contributed by atoms with E-state index >= 15 is 0 Å². The highest BCUT2D eigenvalue weighted by molar-refractivity contribution is 5.44. The Morgan fingerprint density at radius 2 is 1.88 bits per heavy atom. The summed E-state index contributed by atoms with van der Waals surface area (Å²) in [5.41, 5.74) is 3.58. The first-order valence-electron chi connectivity index (χ1n) is 6.07. The molecule has 2 N–H and O–H groups in total. The van der Waals surface area contributed by atoms with E-state index in [-0.39, 0.29) is 6.61 Å². The molecule has 17 heavy (non-hydrogen) atoms. The van der Waals surface area contributed by atoms with Crippen molar-refractivity contribution in [1.29, 1.82) is 0 Å². The molecule has 0 aromatic heterocycles. The molecule has 3 nitrogen and oxygen atoms in total. The molecule has 1 unspecified atom stereocenters. The number of ether oxygens (including phenoxy) is 1. The maximum Gasteiger partial charge on any atom is 0.124 e. The Bertz CT molecular complexity index is 340. The van der Waals surface area contributed by atoms with Crippen molar-refractivity contribution in [2.75, 3.05) is 20.8 Å². The van der Waals surface area contributed by atoms with E-state index in [1.54, 1.807) is 7.11 Å². The number of benzene rings is 1. The van der Waals surface area contributed by atoms with Crippen LogP contribution in [0.25, 0.3) is 0 Å². The molecule has 0 heterocycles. The second kappa shape index (κ2) is 6.62. The van der Waals surface area contributed by atoms with Crippen LogP contribution in [-0.2, 0) is 0 Å². The average molecular weight is 237 g/mol. The van der Waals surface area contributed by atoms with Gasteiger partial charge in [0, 0.05) is 12.6 Å². The van der Waals surface area contributed by atoms with Gasteiger partial charge in [-0.25, -0.2) is 0 Å². The van der Waals surface area contributed by atoms with Gasteiger partial charge >= 0.3 is 0 Å². The van der Waals surface area contributed by atoms with E-state index in [0.717, 1.165) is 29.7 Å². The van der Waals surface area contributed by atoms with Crippen molar-refractivity contribution in [3.8, 4) is 5.75 Å². The summed E-state index contributed by atoms with van der Waals surface area (Å²) in [6, 6.07) is 4.61. The van der Waals surface area contributed by atoms with Gasteiger partial charge in [-0.15, -0.1) is 0 Å². The van der Waals surface area contributed by atoms with Crippen LogP contribution in [0.4, 0.5) is 0 Å². The van der Waals surface area contributed by atoms with Gasteiger partial charge in [0.25, 0.3) is 0 Å². The zero-order valence-corrected chi connectivity index (χ0v) is 11.2. The molecule has 0 bridgehead atoms. The Balaban J connectivity index is 2.96. The summed E-state index contributed by atoms with van der Waals surface area (Å²) in [7, 11) is 3.66. The highest BCUT2D eigenvalue weighted by atomic mass is 16.5. The van der Waals surface area contributed by atoms with Gasteiger partial charge in [-0.3, -0.25) is 0 Å². The fourth-order valence-corrected chi connectivity index (χ4v) is 2.28. The number of aryl methyl sites for hydroxylation is 2. The fraction of sp³-hybridized carbons (Fsp3) is 0.571. The van der Waals surface area contributed by atoms with E-state index in [1.165, 1.54) is 5.56 Å². The molecule has 1 aromatic carbocycles. The van der Waals surface area contributed by atoms with Crippen molar-refractivity contribution in [2.45, 2.75) is 32.7 Å². The molecular weight excluding hydrogens is 214 g/mol. The molecule has 1 aromatic rings. The van der Waals surface area contributed by atoms with Crippen molar-refractivity contribution in [2.24, 2.45) is 0 Å². The van der Waals surface area contributed by atoms with E-state index in [1.807, 2.05) is 7.05 Å². The van der Waals surface area contributed by atoms with Crippen LogP contribution in [-0.4, -0.2) is 25.9 Å². The first-order chi connectivity index (χ1) is 8.13. The van der Waals surface area contributed by atoms with Crippen molar-refractivity contribution >= 4 is 0 Å². The highest BCUT2D eigenvalue weighted by Gasteiger charge is 2.12. The molecule has 1 atom stereocenters. The van der Waals surface area contributed by atoms with E-state index in [4.69, 9.17) is 9.84 Å². The van der Waals surface area contributed by atoms with E-state index in [2.05, 4.69) is 31.3 Å². The summed E-state index contributed by atoms with van der Waals surface area (Å²) in [4.78, 5) is 0. The van der Waals surface area contributed by atoms with Gasteiger partial charge in [-0.05, 0) is 50.4 Å². The maximum absolute atomic E-state index is 8.90. The minimum atomic E-state index is 0.242. The zero-order valence-electron chi connectivity index (χ0n) is 11.2. The monoisotopic (exact) mass is 237 g/mol. The van der Waals surface area contributed by atoms with Gasteiger partial charge in [0.1, 0.15) is 5.75 Å². The SMILES string of the molecule is CNC(CCCO)c1cc(C)c(OC)c(C)c1. The number of nitrogens with one attached hydrogen (secondary N) is 1. The van der Waals surface area contributed by atoms with Gasteiger partial charge < -0.3 is 15.2 Å². The van der Waals surface area contributed by atoms with Crippen LogP contribution in [0.15, 0.2) is 12.1 Å². The lowest BCUT2D eigenvalue weighted by molar-refractivity contribution is 0.276. The van der Waals surface area contributed by atoms with Crippen LogP contribution in [0.1, 0.15) is 35.6 Å². The normalized spacial score (nSPS) is 12.5. The number of methoxy groups -OCH3 is 1. The number of aliphatic hydroxyl groups excluding tert-OH is 1. The Morgan fingerprint density at radius 1 is 1.29 bits per heavy atom. The molecule has 0 saturated heterocycles. The Hall–Kier alpha value is -1.06. The standard InChI is InChI=1S/C14H23NO2/c1-10-8-12(9-11(2)14(10)17-4)13(15-3)6-5-7-16/h8-9,13,15-16H,5-7H2,1-4H3. The fourth-order valence-electron chi connectivity index (χ4n) is 2.28. The van der Waals surface area contributed by atoms with Gasteiger partial charge in [-0.1, -0.05) is 12.1 Å². The first kappa shape index (κ1) is 14.0. The molecule has 96 valence electrons. The van der Waals surface area contributed by atoms with Gasteiger partial charge in [0.2, 0.25) is 0 Å². The topological polar surface area (TPSA) is 41.5 Å². The minimum Gasteiger partial charge on any atom is -0.496 e. The third-order valence-corrected chi connectivity index (χ3v) is 3.09. The Morgan fingerprint density at radius 3 is 2.29 bits per heavy atom. The second-order valence-corrected chi connectivity index (χ2v) is 4.40. The maximum atomic E-state index is 8.90. The third-order valence-electron chi connectivity index (χ3n) is 3.09. The molecule has 0 fully saturated rings. The van der Waals surface area contributed by atoms with Crippen molar-refractivity contribution in [3.05, 3.63) is 28.8 Å². The molecular formula is C14H23NO2. The summed E-state index contributed by atoms with van der Waals surface area (Å²) in [6.45, 7) is 4.37. The van der Waals surface area contributed by atoms with Crippen LogP contribution in [0.2, 0.25) is 0 Å². The van der Waals surface area contributed by atoms with Crippen LogP contribution in [0.3, 0.4) is 0 Å². The predicted molar refractivity (Wildman–Crippen MR) is 70.6 cm³/mol. The quantitative estimate of drug-likeness (QED) is 0.798. The minimum absolute atomic E-state index is 0.242. The van der Waals surface area contributed by atoms with Crippen LogP contribution >= 0.6 is 0 Å². The zero-order chi connectivity index (χ0) is 12.8. The number of hydrogen-bond acceptors (Lipinski definition) is 3. The molecule has 1 rings (SSSR count). The molecule has 0 aliphatic rings. The first-order valence-corrected chi connectivity index (χ1v) is 6.07. The molecule has 0 saturated carbocycles. The van der Waals surface area contributed by atoms with Crippen LogP contribution in [0.5, 0.6) is 5.75 Å². The van der Waals surface area contributed by atoms with E-state index in [9.17, 15) is 0 Å². The number of rotatable bonds is 6. The highest BCUT2D eigenvalue weighted by Crippen LogP contribution is 2.28. The summed E-state index contributed by atoms with van der Waals surface area (Å²) >= 11 is 0. The lowest BCUT2D eigenvalue weighted by Crippen LogP contribution is -2.17. The summed E-state index contributed by atoms with van der Waals surface area (Å²) < 4.78 is 5.36. The predicted octanol–water partition coefficient (Wildman–Crippen LogP) is 2.35. The Labute approximate surface area is 104 Å². The number of hydrogen-bond donors (Lipinski definition) is 2. The summed E-state index contributed by atoms with van der Waals surface area (Å²) in [5.74, 6) is 0.964. The van der Waals surface area contributed by atoms with Crippen molar-refractivity contribution in [1.82, 2.24) is 5.32 Å². The average Bonchev–Trinajstić information content (AvgIpc) is 2.30. The lowest BCUT2D eigenvalue weighted by Gasteiger charge is -2.19. The summed E-state index contributed by atoms with van der Waals surface area (Å²) in [5, 5.41) is 12.2. The van der Waals surface area contributed by atoms with Crippen LogP contribution < -0.4 is 10.1 Å². The van der Waals surface area contributed by atoms with Crippen molar-refractivity contribution < 1.29 is 9.84 Å². The van der Waals surface area contributed by atoms with Gasteiger partial charge in [0.15, 0.2) is 0 Å². The van der Waals surface area contributed by atoms with Crippen LogP contribution in [0, 0.1) is 13.8 Å². The lowest BCUT2D eigenvalue weighted by atomic mass is 9.97. The molecule has 0 radical (unpaired) electrons. The number of aliphatic hydroxyl groups is 1. The van der Waals surface area contributed by atoms with Gasteiger partial charge in [-0.2, -0.15) is 0 Å². The largest absolute Gasteiger partial charge is 0.496 e. The molecule has 0 amide bonds. The Kier molecular flexibility index (Phi) is 5.45. The smallest absolute Gasteiger partial charge is 0.124 e. The van der Waals surface area contributed by atoms with E-state index < -0.39 is 0 Å². The molecule has 0 aliphatic heterocycles. The van der Waals surface area contributed by atoms with Gasteiger partial charge in [0.05, 0.1) is 7.11 Å². The summed E-state index contributed by atoms with van der Waals surface area (Å²) in [6.07, 6.45) is 1.76.